The van der Waals surface area contributed by atoms with E-state index in [4.69, 9.17) is 4.74 Å². The molecule has 0 aromatic carbocycles. The molecular formula is C12H18N2O3S. The molecule has 6 heteroatoms. The molecule has 100 valence electrons. The average molecular weight is 270 g/mol. The first-order chi connectivity index (χ1) is 8.52. The topological polar surface area (TPSA) is 72.0 Å². The summed E-state index contributed by atoms with van der Waals surface area (Å²) in [6.07, 6.45) is 0.800. The number of ether oxygens (including phenoxy) is 1. The summed E-state index contributed by atoms with van der Waals surface area (Å²) in [5, 5.41) is 0.458. The Morgan fingerprint density at radius 1 is 1.56 bits per heavy atom. The number of esters is 1. The smallest absolute Gasteiger partial charge is 0.316 e. The van der Waals surface area contributed by atoms with Gasteiger partial charge in [-0.15, -0.1) is 0 Å². The summed E-state index contributed by atoms with van der Waals surface area (Å²) >= 11 is 1.18. The van der Waals surface area contributed by atoms with Crippen molar-refractivity contribution in [3.63, 3.8) is 0 Å². The lowest BCUT2D eigenvalue weighted by Gasteiger charge is -2.06. The van der Waals surface area contributed by atoms with E-state index in [1.54, 1.807) is 0 Å². The minimum atomic E-state index is -0.292. The highest BCUT2D eigenvalue weighted by atomic mass is 32.2. The maximum atomic E-state index is 11.4. The van der Waals surface area contributed by atoms with Crippen molar-refractivity contribution in [2.75, 3.05) is 12.4 Å². The van der Waals surface area contributed by atoms with Crippen LogP contribution in [0.5, 0.6) is 0 Å². The zero-order chi connectivity index (χ0) is 13.5. The predicted octanol–water partition coefficient (Wildman–Crippen LogP) is 1.94. The highest BCUT2D eigenvalue weighted by molar-refractivity contribution is 7.99. The molecule has 1 aromatic rings. The standard InChI is InChI=1S/C12H18N2O3S/c1-4-5-17-11(16)7-18-12-13-9(8(2)3)6-10(15)14-12/h6,8H,4-5,7H2,1-3H3,(H,13,14,15). The van der Waals surface area contributed by atoms with Gasteiger partial charge in [-0.1, -0.05) is 32.5 Å². The van der Waals surface area contributed by atoms with E-state index < -0.39 is 0 Å². The van der Waals surface area contributed by atoms with E-state index >= 15 is 0 Å². The van der Waals surface area contributed by atoms with E-state index in [0.29, 0.717) is 11.8 Å². The van der Waals surface area contributed by atoms with Crippen molar-refractivity contribution >= 4 is 17.7 Å². The molecule has 0 fully saturated rings. The number of nitrogens with zero attached hydrogens (tertiary/aromatic N) is 1. The molecule has 0 saturated heterocycles. The van der Waals surface area contributed by atoms with Crippen molar-refractivity contribution < 1.29 is 9.53 Å². The summed E-state index contributed by atoms with van der Waals surface area (Å²) in [6, 6.07) is 1.48. The Balaban J connectivity index is 2.62. The quantitative estimate of drug-likeness (QED) is 0.486. The van der Waals surface area contributed by atoms with Gasteiger partial charge in [-0.25, -0.2) is 4.98 Å². The molecule has 0 bridgehead atoms. The Morgan fingerprint density at radius 2 is 2.28 bits per heavy atom. The lowest BCUT2D eigenvalue weighted by molar-refractivity contribution is -0.140. The predicted molar refractivity (Wildman–Crippen MR) is 70.9 cm³/mol. The number of nitrogens with one attached hydrogen (secondary N) is 1. The van der Waals surface area contributed by atoms with Crippen LogP contribution >= 0.6 is 11.8 Å². The van der Waals surface area contributed by atoms with Crippen molar-refractivity contribution in [3.8, 4) is 0 Å². The minimum absolute atomic E-state index is 0.157. The fraction of sp³-hybridized carbons (Fsp3) is 0.583. The van der Waals surface area contributed by atoms with Gasteiger partial charge in [-0.3, -0.25) is 9.59 Å². The summed E-state index contributed by atoms with van der Waals surface area (Å²) < 4.78 is 4.94. The molecule has 0 aliphatic rings. The number of hydrogen-bond acceptors (Lipinski definition) is 5. The molecule has 0 aliphatic heterocycles. The van der Waals surface area contributed by atoms with Crippen LogP contribution in [-0.2, 0) is 9.53 Å². The second kappa shape index (κ2) is 7.20. The monoisotopic (exact) mass is 270 g/mol. The summed E-state index contributed by atoms with van der Waals surface area (Å²) in [7, 11) is 0. The summed E-state index contributed by atoms with van der Waals surface area (Å²) in [5.41, 5.74) is 0.529. The van der Waals surface area contributed by atoms with Gasteiger partial charge in [0.15, 0.2) is 5.16 Å². The molecule has 0 spiro atoms. The van der Waals surface area contributed by atoms with Gasteiger partial charge in [0, 0.05) is 6.07 Å². The van der Waals surface area contributed by atoms with Crippen LogP contribution in [0.2, 0.25) is 0 Å². The Bertz CT molecular complexity index is 457. The van der Waals surface area contributed by atoms with Gasteiger partial charge >= 0.3 is 5.97 Å². The third-order valence-corrected chi connectivity index (χ3v) is 2.97. The van der Waals surface area contributed by atoms with Crippen LogP contribution in [-0.4, -0.2) is 28.3 Å². The fourth-order valence-electron chi connectivity index (χ4n) is 1.20. The van der Waals surface area contributed by atoms with Gasteiger partial charge in [0.25, 0.3) is 5.56 Å². The average Bonchev–Trinajstić information content (AvgIpc) is 2.33. The molecule has 0 radical (unpaired) electrons. The number of carbonyl (C=O) groups is 1. The van der Waals surface area contributed by atoms with Crippen molar-refractivity contribution in [2.45, 2.75) is 38.3 Å². The second-order valence-corrected chi connectivity index (χ2v) is 5.10. The van der Waals surface area contributed by atoms with Crippen molar-refractivity contribution in [2.24, 2.45) is 0 Å². The molecule has 18 heavy (non-hydrogen) atoms. The number of H-pyrrole nitrogens is 1. The van der Waals surface area contributed by atoms with Gasteiger partial charge in [-0.05, 0) is 12.3 Å². The first-order valence-corrected chi connectivity index (χ1v) is 6.91. The number of thioether (sulfide) groups is 1. The number of hydrogen-bond donors (Lipinski definition) is 1. The minimum Gasteiger partial charge on any atom is -0.465 e. The fourth-order valence-corrected chi connectivity index (χ4v) is 1.88. The van der Waals surface area contributed by atoms with Gasteiger partial charge in [0.05, 0.1) is 18.1 Å². The van der Waals surface area contributed by atoms with Crippen LogP contribution in [0.15, 0.2) is 16.0 Å². The third-order valence-electron chi connectivity index (χ3n) is 2.13. The zero-order valence-electron chi connectivity index (χ0n) is 10.9. The maximum Gasteiger partial charge on any atom is 0.316 e. The van der Waals surface area contributed by atoms with E-state index in [-0.39, 0.29) is 23.2 Å². The van der Waals surface area contributed by atoms with Crippen LogP contribution in [0.3, 0.4) is 0 Å². The van der Waals surface area contributed by atoms with Gasteiger partial charge in [0.1, 0.15) is 0 Å². The molecule has 0 unspecified atom stereocenters. The molecular weight excluding hydrogens is 252 g/mol. The Hall–Kier alpha value is -1.30. The third kappa shape index (κ3) is 4.91. The number of rotatable bonds is 6. The molecule has 0 saturated carbocycles. The zero-order valence-corrected chi connectivity index (χ0v) is 11.7. The SMILES string of the molecule is CCCOC(=O)CSc1nc(C(C)C)cc(=O)[nH]1. The van der Waals surface area contributed by atoms with Crippen LogP contribution in [0.25, 0.3) is 0 Å². The molecule has 1 rings (SSSR count). The number of aromatic amines is 1. The van der Waals surface area contributed by atoms with Gasteiger partial charge in [-0.2, -0.15) is 0 Å². The van der Waals surface area contributed by atoms with Crippen molar-refractivity contribution in [1.82, 2.24) is 9.97 Å². The van der Waals surface area contributed by atoms with E-state index in [9.17, 15) is 9.59 Å². The summed E-state index contributed by atoms with van der Waals surface area (Å²) in [5.74, 6) is 0.0444. The lowest BCUT2D eigenvalue weighted by atomic mass is 10.1. The number of aromatic nitrogens is 2. The molecule has 5 nitrogen and oxygen atoms in total. The Kier molecular flexibility index (Phi) is 5.91. The molecule has 0 amide bonds. The van der Waals surface area contributed by atoms with Crippen molar-refractivity contribution in [3.05, 3.63) is 22.1 Å². The summed E-state index contributed by atoms with van der Waals surface area (Å²) in [4.78, 5) is 29.6. The van der Waals surface area contributed by atoms with Crippen LogP contribution in [0.4, 0.5) is 0 Å². The molecule has 0 aliphatic carbocycles. The first-order valence-electron chi connectivity index (χ1n) is 5.92. The second-order valence-electron chi connectivity index (χ2n) is 4.14. The van der Waals surface area contributed by atoms with Crippen LogP contribution in [0.1, 0.15) is 38.8 Å². The first kappa shape index (κ1) is 14.8. The number of carbonyl (C=O) groups excluding carboxylic acids is 1. The summed E-state index contributed by atoms with van der Waals surface area (Å²) in [6.45, 7) is 6.29. The normalized spacial score (nSPS) is 10.7. The Morgan fingerprint density at radius 3 is 2.89 bits per heavy atom. The van der Waals surface area contributed by atoms with Crippen molar-refractivity contribution in [1.29, 1.82) is 0 Å². The van der Waals surface area contributed by atoms with Gasteiger partial charge < -0.3 is 9.72 Å². The maximum absolute atomic E-state index is 11.4. The van der Waals surface area contributed by atoms with Crippen LogP contribution < -0.4 is 5.56 Å². The van der Waals surface area contributed by atoms with Crippen LogP contribution in [0, 0.1) is 0 Å². The molecule has 1 heterocycles. The molecule has 0 atom stereocenters. The lowest BCUT2D eigenvalue weighted by Crippen LogP contribution is -2.13. The Labute approximate surface area is 110 Å². The highest BCUT2D eigenvalue weighted by Crippen LogP contribution is 2.15. The molecule has 1 aromatic heterocycles. The largest absolute Gasteiger partial charge is 0.465 e. The molecule has 1 N–H and O–H groups in total. The van der Waals surface area contributed by atoms with Gasteiger partial charge in [0.2, 0.25) is 0 Å². The highest BCUT2D eigenvalue weighted by Gasteiger charge is 2.08. The van der Waals surface area contributed by atoms with E-state index in [2.05, 4.69) is 9.97 Å². The van der Waals surface area contributed by atoms with E-state index in [1.807, 2.05) is 20.8 Å². The van der Waals surface area contributed by atoms with E-state index in [1.165, 1.54) is 17.8 Å². The van der Waals surface area contributed by atoms with E-state index in [0.717, 1.165) is 12.1 Å².